The maximum Gasteiger partial charge on any atom is 0.252 e. The SMILES string of the molecule is CC(C)n1ncc2c(C(=O)NC3CCCC3)cc(-c3cccs3)nc21. The molecule has 0 atom stereocenters. The normalized spacial score (nSPS) is 15.3. The zero-order chi connectivity index (χ0) is 17.4. The van der Waals surface area contributed by atoms with Crippen LogP contribution in [0.3, 0.4) is 0 Å². The second-order valence-corrected chi connectivity index (χ2v) is 7.86. The molecule has 4 rings (SSSR count). The highest BCUT2D eigenvalue weighted by Gasteiger charge is 2.22. The quantitative estimate of drug-likeness (QED) is 0.755. The number of aromatic nitrogens is 3. The number of carbonyl (C=O) groups is 1. The maximum atomic E-state index is 12.9. The van der Waals surface area contributed by atoms with Gasteiger partial charge in [-0.1, -0.05) is 18.9 Å². The Hall–Kier alpha value is -2.21. The Bertz CT molecular complexity index is 892. The molecule has 6 heteroatoms. The van der Waals surface area contributed by atoms with E-state index in [2.05, 4.69) is 24.3 Å². The Morgan fingerprint density at radius 3 is 2.84 bits per heavy atom. The molecule has 0 saturated heterocycles. The van der Waals surface area contributed by atoms with Crippen LogP contribution in [0.1, 0.15) is 55.9 Å². The summed E-state index contributed by atoms with van der Waals surface area (Å²) < 4.78 is 1.89. The first-order chi connectivity index (χ1) is 12.1. The number of amides is 1. The first-order valence-corrected chi connectivity index (χ1v) is 9.74. The van der Waals surface area contributed by atoms with Gasteiger partial charge in [0.15, 0.2) is 5.65 Å². The summed E-state index contributed by atoms with van der Waals surface area (Å²) >= 11 is 1.63. The number of carbonyl (C=O) groups excluding carboxylic acids is 1. The minimum Gasteiger partial charge on any atom is -0.349 e. The second-order valence-electron chi connectivity index (χ2n) is 6.91. The molecule has 1 fully saturated rings. The van der Waals surface area contributed by atoms with Gasteiger partial charge in [0.05, 0.1) is 27.7 Å². The van der Waals surface area contributed by atoms with Crippen LogP contribution in [0.5, 0.6) is 0 Å². The second kappa shape index (κ2) is 6.59. The van der Waals surface area contributed by atoms with Gasteiger partial charge in [0.1, 0.15) is 0 Å². The Balaban J connectivity index is 1.82. The molecule has 1 amide bonds. The lowest BCUT2D eigenvalue weighted by Gasteiger charge is -2.13. The molecule has 0 aromatic carbocycles. The summed E-state index contributed by atoms with van der Waals surface area (Å²) in [5.41, 5.74) is 2.28. The number of pyridine rings is 1. The van der Waals surface area contributed by atoms with E-state index in [-0.39, 0.29) is 11.9 Å². The molecule has 5 nitrogen and oxygen atoms in total. The Morgan fingerprint density at radius 1 is 1.36 bits per heavy atom. The molecule has 0 spiro atoms. The minimum atomic E-state index is -0.0135. The van der Waals surface area contributed by atoms with Crippen molar-refractivity contribution in [3.63, 3.8) is 0 Å². The Labute approximate surface area is 151 Å². The summed E-state index contributed by atoms with van der Waals surface area (Å²) in [6.07, 6.45) is 6.31. The summed E-state index contributed by atoms with van der Waals surface area (Å²) in [6.45, 7) is 4.15. The predicted octanol–water partition coefficient (Wildman–Crippen LogP) is 4.41. The average molecular weight is 354 g/mol. The van der Waals surface area contributed by atoms with E-state index in [1.54, 1.807) is 17.5 Å². The first kappa shape index (κ1) is 16.3. The van der Waals surface area contributed by atoms with Crippen LogP contribution in [0.25, 0.3) is 21.6 Å². The van der Waals surface area contributed by atoms with E-state index in [1.165, 1.54) is 12.8 Å². The molecule has 3 heterocycles. The lowest BCUT2D eigenvalue weighted by atomic mass is 10.1. The number of nitrogens with one attached hydrogen (secondary N) is 1. The van der Waals surface area contributed by atoms with Gasteiger partial charge in [0.25, 0.3) is 5.91 Å². The molecule has 25 heavy (non-hydrogen) atoms. The molecular weight excluding hydrogens is 332 g/mol. The fourth-order valence-electron chi connectivity index (χ4n) is 3.47. The van der Waals surface area contributed by atoms with Crippen LogP contribution in [0.15, 0.2) is 29.8 Å². The summed E-state index contributed by atoms with van der Waals surface area (Å²) in [5.74, 6) is -0.0135. The van der Waals surface area contributed by atoms with E-state index in [9.17, 15) is 4.79 Å². The zero-order valence-electron chi connectivity index (χ0n) is 14.5. The fraction of sp³-hybridized carbons (Fsp3) is 0.421. The number of hydrogen-bond donors (Lipinski definition) is 1. The van der Waals surface area contributed by atoms with Gasteiger partial charge in [-0.2, -0.15) is 5.10 Å². The molecule has 1 saturated carbocycles. The van der Waals surface area contributed by atoms with E-state index in [4.69, 9.17) is 4.98 Å². The largest absolute Gasteiger partial charge is 0.349 e. The highest BCUT2D eigenvalue weighted by atomic mass is 32.1. The number of fused-ring (bicyclic) bond motifs is 1. The van der Waals surface area contributed by atoms with Crippen molar-refractivity contribution in [1.82, 2.24) is 20.1 Å². The van der Waals surface area contributed by atoms with E-state index >= 15 is 0 Å². The van der Waals surface area contributed by atoms with Crippen LogP contribution in [-0.2, 0) is 0 Å². The van der Waals surface area contributed by atoms with Crippen molar-refractivity contribution >= 4 is 28.3 Å². The van der Waals surface area contributed by atoms with Gasteiger partial charge < -0.3 is 5.32 Å². The average Bonchev–Trinajstić information content (AvgIpc) is 3.34. The topological polar surface area (TPSA) is 59.8 Å². The number of thiophene rings is 1. The van der Waals surface area contributed by atoms with Gasteiger partial charge in [-0.15, -0.1) is 11.3 Å². The maximum absolute atomic E-state index is 12.9. The van der Waals surface area contributed by atoms with Crippen molar-refractivity contribution in [3.05, 3.63) is 35.3 Å². The number of hydrogen-bond acceptors (Lipinski definition) is 4. The molecule has 130 valence electrons. The van der Waals surface area contributed by atoms with Crippen molar-refractivity contribution in [2.24, 2.45) is 0 Å². The zero-order valence-corrected chi connectivity index (χ0v) is 15.3. The first-order valence-electron chi connectivity index (χ1n) is 8.86. The molecule has 0 radical (unpaired) electrons. The van der Waals surface area contributed by atoms with Crippen LogP contribution in [0.2, 0.25) is 0 Å². The molecule has 1 aliphatic rings. The molecule has 3 aromatic heterocycles. The lowest BCUT2D eigenvalue weighted by Crippen LogP contribution is -2.32. The Morgan fingerprint density at radius 2 is 2.16 bits per heavy atom. The van der Waals surface area contributed by atoms with E-state index < -0.39 is 0 Å². The van der Waals surface area contributed by atoms with Crippen LogP contribution >= 0.6 is 11.3 Å². The van der Waals surface area contributed by atoms with E-state index in [0.717, 1.165) is 34.4 Å². The van der Waals surface area contributed by atoms with Gasteiger partial charge in [-0.05, 0) is 44.2 Å². The molecule has 1 N–H and O–H groups in total. The third kappa shape index (κ3) is 3.06. The van der Waals surface area contributed by atoms with Crippen molar-refractivity contribution < 1.29 is 4.79 Å². The molecule has 1 aliphatic carbocycles. The van der Waals surface area contributed by atoms with Crippen molar-refractivity contribution in [1.29, 1.82) is 0 Å². The Kier molecular flexibility index (Phi) is 4.29. The smallest absolute Gasteiger partial charge is 0.252 e. The minimum absolute atomic E-state index is 0.0135. The van der Waals surface area contributed by atoms with Crippen molar-refractivity contribution in [3.8, 4) is 10.6 Å². The van der Waals surface area contributed by atoms with Crippen molar-refractivity contribution in [2.75, 3.05) is 0 Å². The molecule has 0 aliphatic heterocycles. The van der Waals surface area contributed by atoms with E-state index in [0.29, 0.717) is 11.6 Å². The van der Waals surface area contributed by atoms with E-state index in [1.807, 2.05) is 28.3 Å². The standard InChI is InChI=1S/C19H22N4OS/c1-12(2)23-18-15(11-20-23)14(19(24)21-13-6-3-4-7-13)10-16(22-18)17-8-5-9-25-17/h5,8-13H,3-4,6-7H2,1-2H3,(H,21,24). The number of nitrogens with zero attached hydrogens (tertiary/aromatic N) is 3. The number of rotatable bonds is 4. The van der Waals surface area contributed by atoms with Crippen LogP contribution < -0.4 is 5.32 Å². The molecular formula is C19H22N4OS. The molecule has 0 bridgehead atoms. The summed E-state index contributed by atoms with van der Waals surface area (Å²) in [6, 6.07) is 6.43. The monoisotopic (exact) mass is 354 g/mol. The fourth-order valence-corrected chi connectivity index (χ4v) is 4.15. The summed E-state index contributed by atoms with van der Waals surface area (Å²) in [7, 11) is 0. The summed E-state index contributed by atoms with van der Waals surface area (Å²) in [5, 5.41) is 10.5. The highest BCUT2D eigenvalue weighted by molar-refractivity contribution is 7.13. The van der Waals surface area contributed by atoms with Gasteiger partial charge in [0, 0.05) is 12.1 Å². The molecule has 3 aromatic rings. The third-order valence-electron chi connectivity index (χ3n) is 4.76. The molecule has 0 unspecified atom stereocenters. The third-order valence-corrected chi connectivity index (χ3v) is 5.66. The van der Waals surface area contributed by atoms with Crippen LogP contribution in [0.4, 0.5) is 0 Å². The predicted molar refractivity (Wildman–Crippen MR) is 101 cm³/mol. The van der Waals surface area contributed by atoms with Crippen LogP contribution in [0, 0.1) is 0 Å². The van der Waals surface area contributed by atoms with Gasteiger partial charge in [-0.25, -0.2) is 9.67 Å². The van der Waals surface area contributed by atoms with Crippen molar-refractivity contribution in [2.45, 2.75) is 51.6 Å². The lowest BCUT2D eigenvalue weighted by molar-refractivity contribution is 0.0939. The van der Waals surface area contributed by atoms with Crippen LogP contribution in [-0.4, -0.2) is 26.7 Å². The van der Waals surface area contributed by atoms with Gasteiger partial charge >= 0.3 is 0 Å². The van der Waals surface area contributed by atoms with Gasteiger partial charge in [0.2, 0.25) is 0 Å². The summed E-state index contributed by atoms with van der Waals surface area (Å²) in [4.78, 5) is 18.8. The highest BCUT2D eigenvalue weighted by Crippen LogP contribution is 2.29. The van der Waals surface area contributed by atoms with Gasteiger partial charge in [-0.3, -0.25) is 4.79 Å².